The van der Waals surface area contributed by atoms with Crippen LogP contribution in [-0.4, -0.2) is 24.5 Å². The van der Waals surface area contributed by atoms with Crippen molar-refractivity contribution in [3.05, 3.63) is 34.6 Å². The molecule has 1 aliphatic carbocycles. The van der Waals surface area contributed by atoms with E-state index in [1.54, 1.807) is 12.1 Å². The molecule has 2 nitrogen and oxygen atoms in total. The van der Waals surface area contributed by atoms with Crippen LogP contribution in [0, 0.1) is 11.7 Å². The van der Waals surface area contributed by atoms with Crippen molar-refractivity contribution in [2.45, 2.75) is 25.4 Å². The Bertz CT molecular complexity index is 393. The first kappa shape index (κ1) is 12.8. The molecule has 94 valence electrons. The zero-order valence-corrected chi connectivity index (χ0v) is 10.8. The van der Waals surface area contributed by atoms with E-state index in [0.717, 1.165) is 18.0 Å². The van der Waals surface area contributed by atoms with Crippen LogP contribution in [0.2, 0.25) is 5.02 Å². The van der Waals surface area contributed by atoms with E-state index in [4.69, 9.17) is 17.3 Å². The van der Waals surface area contributed by atoms with Crippen LogP contribution in [0.1, 0.15) is 18.4 Å². The summed E-state index contributed by atoms with van der Waals surface area (Å²) in [4.78, 5) is 2.24. The molecular weight excluding hydrogens is 239 g/mol. The summed E-state index contributed by atoms with van der Waals surface area (Å²) in [6.07, 6.45) is 2.55. The van der Waals surface area contributed by atoms with Gasteiger partial charge in [-0.1, -0.05) is 17.7 Å². The fourth-order valence-electron chi connectivity index (χ4n) is 2.26. The van der Waals surface area contributed by atoms with Crippen LogP contribution in [-0.2, 0) is 6.54 Å². The molecule has 1 saturated carbocycles. The predicted molar refractivity (Wildman–Crippen MR) is 68.4 cm³/mol. The molecule has 2 N–H and O–H groups in total. The Balaban J connectivity index is 2.01. The van der Waals surface area contributed by atoms with E-state index in [9.17, 15) is 4.39 Å². The topological polar surface area (TPSA) is 29.3 Å². The van der Waals surface area contributed by atoms with Gasteiger partial charge in [-0.3, -0.25) is 4.90 Å². The van der Waals surface area contributed by atoms with E-state index in [0.29, 0.717) is 12.6 Å². The number of nitrogens with zero attached hydrogens (tertiary/aromatic N) is 1. The third-order valence-corrected chi connectivity index (χ3v) is 3.68. The first-order valence-corrected chi connectivity index (χ1v) is 6.34. The molecule has 1 aromatic carbocycles. The summed E-state index contributed by atoms with van der Waals surface area (Å²) in [5.74, 6) is 0.372. The molecule has 17 heavy (non-hydrogen) atoms. The minimum Gasteiger partial charge on any atom is -0.329 e. The summed E-state index contributed by atoms with van der Waals surface area (Å²) in [7, 11) is 2.06. The highest BCUT2D eigenvalue weighted by molar-refractivity contribution is 6.30. The zero-order chi connectivity index (χ0) is 12.4. The zero-order valence-electron chi connectivity index (χ0n) is 10.00. The van der Waals surface area contributed by atoms with Crippen molar-refractivity contribution in [1.82, 2.24) is 4.90 Å². The summed E-state index contributed by atoms with van der Waals surface area (Å²) in [6.45, 7) is 1.44. The number of hydrogen-bond acceptors (Lipinski definition) is 2. The lowest BCUT2D eigenvalue weighted by atomic mass is 10.1. The molecule has 4 heteroatoms. The largest absolute Gasteiger partial charge is 0.329 e. The number of halogens is 2. The van der Waals surface area contributed by atoms with Crippen molar-refractivity contribution in [3.63, 3.8) is 0 Å². The van der Waals surface area contributed by atoms with Crippen LogP contribution in [0.3, 0.4) is 0 Å². The Morgan fingerprint density at radius 2 is 2.24 bits per heavy atom. The normalized spacial score (nSPS) is 17.5. The minimum atomic E-state index is -0.365. The molecule has 1 aliphatic rings. The molecule has 1 fully saturated rings. The molecule has 0 spiro atoms. The monoisotopic (exact) mass is 256 g/mol. The third-order valence-electron chi connectivity index (χ3n) is 3.39. The van der Waals surface area contributed by atoms with Crippen molar-refractivity contribution in [3.8, 4) is 0 Å². The highest BCUT2D eigenvalue weighted by Crippen LogP contribution is 2.35. The van der Waals surface area contributed by atoms with Gasteiger partial charge < -0.3 is 5.73 Å². The number of benzene rings is 1. The van der Waals surface area contributed by atoms with Gasteiger partial charge in [0.2, 0.25) is 0 Å². The van der Waals surface area contributed by atoms with E-state index >= 15 is 0 Å². The SMILES string of the molecule is CN(Cc1ccc(F)c(Cl)c1)C(CN)C1CC1. The first-order chi connectivity index (χ1) is 8.11. The Morgan fingerprint density at radius 1 is 1.53 bits per heavy atom. The molecule has 0 bridgehead atoms. The van der Waals surface area contributed by atoms with Crippen LogP contribution in [0.4, 0.5) is 4.39 Å². The second-order valence-electron chi connectivity index (χ2n) is 4.80. The van der Waals surface area contributed by atoms with E-state index in [2.05, 4.69) is 11.9 Å². The quantitative estimate of drug-likeness (QED) is 0.878. The van der Waals surface area contributed by atoms with Gasteiger partial charge in [0.05, 0.1) is 5.02 Å². The van der Waals surface area contributed by atoms with E-state index in [-0.39, 0.29) is 10.8 Å². The number of rotatable bonds is 5. The number of nitrogens with two attached hydrogens (primary N) is 1. The van der Waals surface area contributed by atoms with E-state index < -0.39 is 0 Å². The van der Waals surface area contributed by atoms with Crippen LogP contribution in [0.5, 0.6) is 0 Å². The second-order valence-corrected chi connectivity index (χ2v) is 5.21. The maximum absolute atomic E-state index is 13.0. The molecule has 0 amide bonds. The van der Waals surface area contributed by atoms with E-state index in [1.165, 1.54) is 18.9 Å². The lowest BCUT2D eigenvalue weighted by Crippen LogP contribution is -2.39. The molecule has 0 saturated heterocycles. The van der Waals surface area contributed by atoms with Crippen molar-refractivity contribution < 1.29 is 4.39 Å². The van der Waals surface area contributed by atoms with Crippen molar-refractivity contribution >= 4 is 11.6 Å². The van der Waals surface area contributed by atoms with Gasteiger partial charge in [0, 0.05) is 19.1 Å². The van der Waals surface area contributed by atoms with Crippen LogP contribution in [0.25, 0.3) is 0 Å². The molecule has 1 aromatic rings. The Hall–Kier alpha value is -0.640. The Morgan fingerprint density at radius 3 is 2.76 bits per heavy atom. The average molecular weight is 257 g/mol. The highest BCUT2D eigenvalue weighted by Gasteiger charge is 2.32. The van der Waals surface area contributed by atoms with Gasteiger partial charge in [0.15, 0.2) is 0 Å². The first-order valence-electron chi connectivity index (χ1n) is 5.96. The lowest BCUT2D eigenvalue weighted by Gasteiger charge is -2.27. The standard InChI is InChI=1S/C13H18ClFN2/c1-17(13(7-16)10-3-4-10)8-9-2-5-12(15)11(14)6-9/h2,5-6,10,13H,3-4,7-8,16H2,1H3. The highest BCUT2D eigenvalue weighted by atomic mass is 35.5. The maximum atomic E-state index is 13.0. The summed E-state index contributed by atoms with van der Waals surface area (Å²) in [5, 5.41) is 0.187. The molecule has 0 heterocycles. The van der Waals surface area contributed by atoms with Gasteiger partial charge in [-0.05, 0) is 43.5 Å². The summed E-state index contributed by atoms with van der Waals surface area (Å²) >= 11 is 5.77. The lowest BCUT2D eigenvalue weighted by molar-refractivity contribution is 0.215. The Labute approximate surface area is 107 Å². The fourth-order valence-corrected chi connectivity index (χ4v) is 2.46. The molecular formula is C13H18ClFN2. The molecule has 0 aromatic heterocycles. The average Bonchev–Trinajstić information content (AvgIpc) is 3.09. The van der Waals surface area contributed by atoms with Gasteiger partial charge in [-0.2, -0.15) is 0 Å². The smallest absolute Gasteiger partial charge is 0.141 e. The minimum absolute atomic E-state index is 0.187. The summed E-state index contributed by atoms with van der Waals surface area (Å²) in [5.41, 5.74) is 6.82. The van der Waals surface area contributed by atoms with Crippen molar-refractivity contribution in [2.75, 3.05) is 13.6 Å². The predicted octanol–water partition coefficient (Wildman–Crippen LogP) is 2.65. The molecule has 1 atom stereocenters. The molecule has 2 rings (SSSR count). The number of hydrogen-bond donors (Lipinski definition) is 1. The summed E-state index contributed by atoms with van der Waals surface area (Å²) < 4.78 is 13.0. The van der Waals surface area contributed by atoms with Gasteiger partial charge in [0.25, 0.3) is 0 Å². The fraction of sp³-hybridized carbons (Fsp3) is 0.538. The van der Waals surface area contributed by atoms with Gasteiger partial charge in [-0.25, -0.2) is 4.39 Å². The summed E-state index contributed by atoms with van der Waals surface area (Å²) in [6, 6.07) is 5.31. The van der Waals surface area contributed by atoms with Crippen molar-refractivity contribution in [1.29, 1.82) is 0 Å². The van der Waals surface area contributed by atoms with Crippen molar-refractivity contribution in [2.24, 2.45) is 11.7 Å². The van der Waals surface area contributed by atoms with Crippen LogP contribution in [0.15, 0.2) is 18.2 Å². The van der Waals surface area contributed by atoms with Gasteiger partial charge >= 0.3 is 0 Å². The van der Waals surface area contributed by atoms with Crippen LogP contribution >= 0.6 is 11.6 Å². The molecule has 1 unspecified atom stereocenters. The maximum Gasteiger partial charge on any atom is 0.141 e. The van der Waals surface area contributed by atoms with Crippen LogP contribution < -0.4 is 5.73 Å². The van der Waals surface area contributed by atoms with Gasteiger partial charge in [0.1, 0.15) is 5.82 Å². The Kier molecular flexibility index (Phi) is 4.02. The van der Waals surface area contributed by atoms with Gasteiger partial charge in [-0.15, -0.1) is 0 Å². The molecule has 0 radical (unpaired) electrons. The second kappa shape index (κ2) is 5.34. The molecule has 0 aliphatic heterocycles. The van der Waals surface area contributed by atoms with E-state index in [1.807, 2.05) is 0 Å². The number of likely N-dealkylation sites (N-methyl/N-ethyl adjacent to an activating group) is 1. The third kappa shape index (κ3) is 3.18.